The van der Waals surface area contributed by atoms with E-state index in [1.165, 1.54) is 12.0 Å². The van der Waals surface area contributed by atoms with E-state index in [4.69, 9.17) is 4.18 Å². The molecule has 0 spiro atoms. The zero-order chi connectivity index (χ0) is 32.5. The first kappa shape index (κ1) is 33.8. The summed E-state index contributed by atoms with van der Waals surface area (Å²) in [6.45, 7) is 0. The van der Waals surface area contributed by atoms with Crippen LogP contribution >= 0.6 is 0 Å². The first-order valence-corrected chi connectivity index (χ1v) is 20.5. The Labute approximate surface area is 273 Å². The van der Waals surface area contributed by atoms with Gasteiger partial charge in [0.15, 0.2) is 11.6 Å². The van der Waals surface area contributed by atoms with Crippen molar-refractivity contribution < 1.29 is 34.4 Å². The molecule has 0 bridgehead atoms. The number of benzene rings is 2. The highest BCUT2D eigenvalue weighted by Gasteiger charge is 2.37. The Hall–Kier alpha value is -2.04. The van der Waals surface area contributed by atoms with Gasteiger partial charge >= 0.3 is 10.1 Å². The lowest BCUT2D eigenvalue weighted by molar-refractivity contribution is 0.400. The maximum Gasteiger partial charge on any atom is 0.339 e. The first-order chi connectivity index (χ1) is 22.1. The first-order valence-electron chi connectivity index (χ1n) is 17.7. The Balaban J connectivity index is 1.55. The summed E-state index contributed by atoms with van der Waals surface area (Å²) in [7, 11) is -10.1. The standard InChI is InChI=1S/C36H48F2O6S2/c37-32-33(38)36(45(39,40)41)29-21-13-2-1-12-20-28(29)34(32)44-46(42,43)35-30(25-16-8-4-9-17-25)22-27(24-14-6-3-7-15-24)23-31(35)26-18-10-5-11-19-26/h22-26H,1-21H2,(H,39,40,41)/p-1. The Bertz CT molecular complexity index is 1600. The highest BCUT2D eigenvalue weighted by molar-refractivity contribution is 7.87. The van der Waals surface area contributed by atoms with E-state index in [1.807, 2.05) is 0 Å². The highest BCUT2D eigenvalue weighted by Crippen LogP contribution is 2.47. The van der Waals surface area contributed by atoms with Crippen LogP contribution in [-0.4, -0.2) is 21.4 Å². The minimum absolute atomic E-state index is 0.0169. The van der Waals surface area contributed by atoms with Gasteiger partial charge in [0.2, 0.25) is 5.82 Å². The van der Waals surface area contributed by atoms with Crippen molar-refractivity contribution in [2.45, 2.75) is 162 Å². The summed E-state index contributed by atoms with van der Waals surface area (Å²) in [5.74, 6) is -3.97. The molecule has 3 saturated carbocycles. The third-order valence-electron chi connectivity index (χ3n) is 11.1. The molecule has 4 aliphatic carbocycles. The second kappa shape index (κ2) is 14.2. The Morgan fingerprint density at radius 2 is 1.00 bits per heavy atom. The SMILES string of the molecule is O=S(=O)([O-])c1c(F)c(F)c(OS(=O)(=O)c2c(C3CCCCC3)cc(C3CCCCC3)cc2C2CCCCC2)c2c1CCCCCC2. The van der Waals surface area contributed by atoms with Gasteiger partial charge in [-0.05, 0) is 104 Å². The lowest BCUT2D eigenvalue weighted by Crippen LogP contribution is -2.23. The van der Waals surface area contributed by atoms with Crippen molar-refractivity contribution in [1.29, 1.82) is 0 Å². The number of hydrogen-bond acceptors (Lipinski definition) is 6. The largest absolute Gasteiger partial charge is 0.744 e. The second-order valence-corrected chi connectivity index (χ2v) is 17.0. The lowest BCUT2D eigenvalue weighted by Gasteiger charge is -2.32. The van der Waals surface area contributed by atoms with Gasteiger partial charge in [-0.2, -0.15) is 12.8 Å². The molecule has 2 aromatic rings. The zero-order valence-electron chi connectivity index (χ0n) is 26.8. The van der Waals surface area contributed by atoms with Gasteiger partial charge in [0.25, 0.3) is 0 Å². The number of fused-ring (bicyclic) bond motifs is 1. The van der Waals surface area contributed by atoms with E-state index < -0.39 is 42.5 Å². The van der Waals surface area contributed by atoms with Crippen LogP contribution in [0.3, 0.4) is 0 Å². The lowest BCUT2D eigenvalue weighted by atomic mass is 9.76. The van der Waals surface area contributed by atoms with Gasteiger partial charge < -0.3 is 8.74 Å². The van der Waals surface area contributed by atoms with Crippen LogP contribution in [0.25, 0.3) is 0 Å². The molecule has 6 rings (SSSR count). The fraction of sp³-hybridized carbons (Fsp3) is 0.667. The third-order valence-corrected chi connectivity index (χ3v) is 13.4. The van der Waals surface area contributed by atoms with Gasteiger partial charge in [0, 0.05) is 5.56 Å². The smallest absolute Gasteiger partial charge is 0.339 e. The molecule has 0 radical (unpaired) electrons. The summed E-state index contributed by atoms with van der Waals surface area (Å²) in [4.78, 5) is -1.11. The Morgan fingerprint density at radius 3 is 1.48 bits per heavy atom. The minimum Gasteiger partial charge on any atom is -0.744 e. The van der Waals surface area contributed by atoms with Crippen LogP contribution in [-0.2, 0) is 33.1 Å². The van der Waals surface area contributed by atoms with Crippen LogP contribution < -0.4 is 4.18 Å². The quantitative estimate of drug-likeness (QED) is 0.214. The van der Waals surface area contributed by atoms with Crippen LogP contribution in [0.1, 0.15) is 168 Å². The molecule has 0 amide bonds. The van der Waals surface area contributed by atoms with E-state index in [-0.39, 0.29) is 40.7 Å². The van der Waals surface area contributed by atoms with E-state index in [0.717, 1.165) is 114 Å². The van der Waals surface area contributed by atoms with Gasteiger partial charge in [-0.15, -0.1) is 0 Å². The second-order valence-electron chi connectivity index (χ2n) is 14.2. The molecule has 0 atom stereocenters. The van der Waals surface area contributed by atoms with Crippen LogP contribution in [0, 0.1) is 11.6 Å². The summed E-state index contributed by atoms with van der Waals surface area (Å²) in [5, 5.41) is 0. The van der Waals surface area contributed by atoms with Crippen molar-refractivity contribution in [1.82, 2.24) is 0 Å². The fourth-order valence-electron chi connectivity index (χ4n) is 8.82. The molecule has 4 aliphatic rings. The van der Waals surface area contributed by atoms with Crippen LogP contribution in [0.5, 0.6) is 5.75 Å². The normalized spacial score (nSPS) is 21.4. The van der Waals surface area contributed by atoms with Crippen molar-refractivity contribution in [2.24, 2.45) is 0 Å². The molecule has 6 nitrogen and oxygen atoms in total. The van der Waals surface area contributed by atoms with E-state index in [2.05, 4.69) is 12.1 Å². The van der Waals surface area contributed by atoms with Gasteiger partial charge in [0.05, 0.1) is 4.90 Å². The molecule has 0 N–H and O–H groups in total. The predicted molar refractivity (Wildman–Crippen MR) is 172 cm³/mol. The molecule has 0 aromatic heterocycles. The maximum absolute atomic E-state index is 15.9. The Kier molecular flexibility index (Phi) is 10.5. The summed E-state index contributed by atoms with van der Waals surface area (Å²) in [6.07, 6.45) is 17.8. The molecule has 0 unspecified atom stereocenters. The van der Waals surface area contributed by atoms with E-state index >= 15 is 8.78 Å². The highest BCUT2D eigenvalue weighted by atomic mass is 32.2. The molecule has 10 heteroatoms. The molecule has 254 valence electrons. The summed E-state index contributed by atoms with van der Waals surface area (Å²) >= 11 is 0. The molecule has 0 aliphatic heterocycles. The molecular formula is C36H47F2O6S2-. The topological polar surface area (TPSA) is 101 Å². The van der Waals surface area contributed by atoms with Crippen LogP contribution in [0.15, 0.2) is 21.9 Å². The molecule has 2 aromatic carbocycles. The van der Waals surface area contributed by atoms with Crippen molar-refractivity contribution in [2.75, 3.05) is 0 Å². The minimum atomic E-state index is -5.37. The third kappa shape index (κ3) is 7.05. The predicted octanol–water partition coefficient (Wildman–Crippen LogP) is 9.44. The summed E-state index contributed by atoms with van der Waals surface area (Å²) in [6, 6.07) is 4.17. The average molecular weight is 678 g/mol. The van der Waals surface area contributed by atoms with Crippen molar-refractivity contribution >= 4 is 20.2 Å². The summed E-state index contributed by atoms with van der Waals surface area (Å²) in [5.41, 5.74) is 2.50. The monoisotopic (exact) mass is 677 g/mol. The average Bonchev–Trinajstić information content (AvgIpc) is 3.04. The number of halogens is 2. The van der Waals surface area contributed by atoms with E-state index in [1.54, 1.807) is 0 Å². The van der Waals surface area contributed by atoms with Crippen molar-refractivity contribution in [3.63, 3.8) is 0 Å². The van der Waals surface area contributed by atoms with Crippen molar-refractivity contribution in [3.8, 4) is 5.75 Å². The summed E-state index contributed by atoms with van der Waals surface area (Å²) < 4.78 is 103. The zero-order valence-corrected chi connectivity index (χ0v) is 28.4. The fourth-order valence-corrected chi connectivity index (χ4v) is 11.2. The molecule has 3 fully saturated rings. The van der Waals surface area contributed by atoms with Crippen LogP contribution in [0.4, 0.5) is 8.78 Å². The Morgan fingerprint density at radius 1 is 0.565 bits per heavy atom. The van der Waals surface area contributed by atoms with Gasteiger partial charge in [-0.3, -0.25) is 0 Å². The number of hydrogen-bond donors (Lipinski definition) is 0. The molecule has 0 heterocycles. The molecule has 46 heavy (non-hydrogen) atoms. The molecular weight excluding hydrogens is 631 g/mol. The van der Waals surface area contributed by atoms with E-state index in [9.17, 15) is 21.4 Å². The van der Waals surface area contributed by atoms with Crippen LogP contribution in [0.2, 0.25) is 0 Å². The van der Waals surface area contributed by atoms with E-state index in [0.29, 0.717) is 18.8 Å². The molecule has 0 saturated heterocycles. The van der Waals surface area contributed by atoms with Gasteiger partial charge in [-0.25, -0.2) is 12.8 Å². The van der Waals surface area contributed by atoms with Crippen molar-refractivity contribution in [3.05, 3.63) is 51.6 Å². The number of rotatable bonds is 7. The maximum atomic E-state index is 15.9. The van der Waals surface area contributed by atoms with Gasteiger partial charge in [0.1, 0.15) is 15.0 Å². The van der Waals surface area contributed by atoms with Gasteiger partial charge in [-0.1, -0.05) is 82.8 Å².